The summed E-state index contributed by atoms with van der Waals surface area (Å²) < 4.78 is 0. The molecule has 0 heterocycles. The van der Waals surface area contributed by atoms with Crippen LogP contribution in [0.1, 0.15) is 36.0 Å². The van der Waals surface area contributed by atoms with Crippen LogP contribution in [0.2, 0.25) is 0 Å². The largest absolute Gasteiger partial charge is 0.393 e. The van der Waals surface area contributed by atoms with Crippen molar-refractivity contribution in [1.29, 1.82) is 0 Å². The second-order valence-electron chi connectivity index (χ2n) is 6.14. The topological polar surface area (TPSA) is 75.4 Å². The zero-order chi connectivity index (χ0) is 16.2. The molecule has 0 unspecified atom stereocenters. The summed E-state index contributed by atoms with van der Waals surface area (Å²) in [5, 5.41) is 13.0. The maximum Gasteiger partial charge on any atom is 0.250 e. The molecule has 23 heavy (non-hydrogen) atoms. The van der Waals surface area contributed by atoms with Crippen LogP contribution in [-0.2, 0) is 0 Å². The first-order chi connectivity index (χ1) is 11.1. The number of anilines is 1. The number of benzene rings is 2. The van der Waals surface area contributed by atoms with Crippen LogP contribution in [0.25, 0.3) is 11.1 Å². The Hall–Kier alpha value is -2.33. The number of aliphatic hydroxyl groups is 1. The average molecular weight is 310 g/mol. The standard InChI is InChI=1S/C19H22N2O2/c20-19(23)17-12-14(13-4-2-1-3-5-13)6-11-18(17)21-15-7-9-16(22)10-8-15/h1-6,11-12,15-16,21-22H,7-10H2,(H2,20,23)/t15-,16-. The fourth-order valence-corrected chi connectivity index (χ4v) is 3.12. The van der Waals surface area contributed by atoms with E-state index in [4.69, 9.17) is 5.73 Å². The lowest BCUT2D eigenvalue weighted by Gasteiger charge is -2.27. The molecule has 0 aliphatic heterocycles. The molecule has 0 radical (unpaired) electrons. The molecule has 4 N–H and O–H groups in total. The first-order valence-electron chi connectivity index (χ1n) is 8.07. The van der Waals surface area contributed by atoms with Gasteiger partial charge in [0.05, 0.1) is 11.7 Å². The Bertz CT molecular complexity index is 677. The van der Waals surface area contributed by atoms with Crippen LogP contribution >= 0.6 is 0 Å². The van der Waals surface area contributed by atoms with Crippen LogP contribution in [0.3, 0.4) is 0 Å². The SMILES string of the molecule is NC(=O)c1cc(-c2ccccc2)ccc1N[C@H]1CC[C@H](O)CC1. The summed E-state index contributed by atoms with van der Waals surface area (Å²) in [6, 6.07) is 16.0. The predicted octanol–water partition coefficient (Wildman–Crippen LogP) is 3.17. The van der Waals surface area contributed by atoms with Gasteiger partial charge in [0, 0.05) is 11.7 Å². The number of carbonyl (C=O) groups excluding carboxylic acids is 1. The van der Waals surface area contributed by atoms with Crippen molar-refractivity contribution in [2.45, 2.75) is 37.8 Å². The van der Waals surface area contributed by atoms with E-state index in [2.05, 4.69) is 5.32 Å². The molecular weight excluding hydrogens is 288 g/mol. The van der Waals surface area contributed by atoms with Crippen molar-refractivity contribution in [3.05, 3.63) is 54.1 Å². The lowest BCUT2D eigenvalue weighted by atomic mass is 9.92. The maximum absolute atomic E-state index is 11.8. The van der Waals surface area contributed by atoms with Gasteiger partial charge >= 0.3 is 0 Å². The van der Waals surface area contributed by atoms with E-state index in [1.54, 1.807) is 0 Å². The lowest BCUT2D eigenvalue weighted by Crippen LogP contribution is -2.29. The molecule has 2 aromatic rings. The molecule has 4 heteroatoms. The molecule has 4 nitrogen and oxygen atoms in total. The van der Waals surface area contributed by atoms with Gasteiger partial charge in [-0.1, -0.05) is 36.4 Å². The monoisotopic (exact) mass is 310 g/mol. The van der Waals surface area contributed by atoms with Crippen LogP contribution in [-0.4, -0.2) is 23.2 Å². The van der Waals surface area contributed by atoms with Gasteiger partial charge in [0.1, 0.15) is 0 Å². The molecule has 1 aliphatic carbocycles. The van der Waals surface area contributed by atoms with E-state index in [9.17, 15) is 9.90 Å². The number of carbonyl (C=O) groups is 1. The fourth-order valence-electron chi connectivity index (χ4n) is 3.12. The van der Waals surface area contributed by atoms with E-state index in [0.717, 1.165) is 42.5 Å². The van der Waals surface area contributed by atoms with Gasteiger partial charge in [-0.15, -0.1) is 0 Å². The smallest absolute Gasteiger partial charge is 0.250 e. The van der Waals surface area contributed by atoms with Crippen molar-refractivity contribution in [3.63, 3.8) is 0 Å². The highest BCUT2D eigenvalue weighted by Gasteiger charge is 2.20. The molecule has 1 saturated carbocycles. The molecule has 0 aromatic heterocycles. The van der Waals surface area contributed by atoms with Gasteiger partial charge in [-0.25, -0.2) is 0 Å². The van der Waals surface area contributed by atoms with Crippen molar-refractivity contribution in [2.24, 2.45) is 5.73 Å². The Morgan fingerprint density at radius 1 is 1.00 bits per heavy atom. The molecule has 3 rings (SSSR count). The maximum atomic E-state index is 11.8. The Balaban J connectivity index is 1.84. The molecule has 0 bridgehead atoms. The zero-order valence-electron chi connectivity index (χ0n) is 13.0. The predicted molar refractivity (Wildman–Crippen MR) is 92.3 cm³/mol. The minimum Gasteiger partial charge on any atom is -0.393 e. The van der Waals surface area contributed by atoms with Gasteiger partial charge in [-0.05, 0) is 48.9 Å². The number of hydrogen-bond acceptors (Lipinski definition) is 3. The van der Waals surface area contributed by atoms with E-state index in [0.29, 0.717) is 5.56 Å². The molecule has 120 valence electrons. The third-order valence-electron chi connectivity index (χ3n) is 4.45. The summed E-state index contributed by atoms with van der Waals surface area (Å²) in [6.45, 7) is 0. The quantitative estimate of drug-likeness (QED) is 0.812. The van der Waals surface area contributed by atoms with E-state index < -0.39 is 5.91 Å². The Kier molecular flexibility index (Phi) is 4.63. The van der Waals surface area contributed by atoms with Crippen LogP contribution in [0.15, 0.2) is 48.5 Å². The number of aliphatic hydroxyl groups excluding tert-OH is 1. The van der Waals surface area contributed by atoms with E-state index >= 15 is 0 Å². The van der Waals surface area contributed by atoms with Gasteiger partial charge in [0.15, 0.2) is 0 Å². The third-order valence-corrected chi connectivity index (χ3v) is 4.45. The van der Waals surface area contributed by atoms with E-state index in [1.807, 2.05) is 48.5 Å². The van der Waals surface area contributed by atoms with Crippen molar-refractivity contribution in [3.8, 4) is 11.1 Å². The third kappa shape index (κ3) is 3.71. The highest BCUT2D eigenvalue weighted by atomic mass is 16.3. The molecule has 0 atom stereocenters. The summed E-state index contributed by atoms with van der Waals surface area (Å²) in [5.74, 6) is -0.430. The lowest BCUT2D eigenvalue weighted by molar-refractivity contribution is 0.100. The first kappa shape index (κ1) is 15.6. The van der Waals surface area contributed by atoms with E-state index in [1.165, 1.54) is 0 Å². The fraction of sp³-hybridized carbons (Fsp3) is 0.316. The Morgan fingerprint density at radius 2 is 1.70 bits per heavy atom. The van der Waals surface area contributed by atoms with Gasteiger partial charge in [-0.3, -0.25) is 4.79 Å². The number of primary amides is 1. The van der Waals surface area contributed by atoms with Gasteiger partial charge in [0.25, 0.3) is 5.91 Å². The Labute approximate surface area is 136 Å². The van der Waals surface area contributed by atoms with Crippen LogP contribution in [0.4, 0.5) is 5.69 Å². The number of hydrogen-bond donors (Lipinski definition) is 3. The van der Waals surface area contributed by atoms with Crippen molar-refractivity contribution >= 4 is 11.6 Å². The first-order valence-corrected chi connectivity index (χ1v) is 8.07. The van der Waals surface area contributed by atoms with Crippen LogP contribution < -0.4 is 11.1 Å². The number of amides is 1. The molecule has 0 spiro atoms. The highest BCUT2D eigenvalue weighted by Crippen LogP contribution is 2.28. The second kappa shape index (κ2) is 6.84. The minimum atomic E-state index is -0.430. The summed E-state index contributed by atoms with van der Waals surface area (Å²) >= 11 is 0. The van der Waals surface area contributed by atoms with Crippen LogP contribution in [0, 0.1) is 0 Å². The zero-order valence-corrected chi connectivity index (χ0v) is 13.0. The van der Waals surface area contributed by atoms with Crippen LogP contribution in [0.5, 0.6) is 0 Å². The molecule has 0 saturated heterocycles. The normalized spacial score (nSPS) is 20.9. The van der Waals surface area contributed by atoms with Gasteiger partial charge in [0.2, 0.25) is 0 Å². The summed E-state index contributed by atoms with van der Waals surface area (Å²) in [7, 11) is 0. The molecule has 1 fully saturated rings. The van der Waals surface area contributed by atoms with E-state index in [-0.39, 0.29) is 12.1 Å². The summed E-state index contributed by atoms with van der Waals surface area (Å²) in [4.78, 5) is 11.8. The molecular formula is C19H22N2O2. The number of rotatable bonds is 4. The molecule has 1 amide bonds. The summed E-state index contributed by atoms with van der Waals surface area (Å²) in [6.07, 6.45) is 3.21. The highest BCUT2D eigenvalue weighted by molar-refractivity contribution is 5.99. The van der Waals surface area contributed by atoms with Crippen molar-refractivity contribution < 1.29 is 9.90 Å². The average Bonchev–Trinajstić information content (AvgIpc) is 2.58. The van der Waals surface area contributed by atoms with Crippen molar-refractivity contribution in [1.82, 2.24) is 0 Å². The second-order valence-corrected chi connectivity index (χ2v) is 6.14. The van der Waals surface area contributed by atoms with Gasteiger partial charge < -0.3 is 16.2 Å². The van der Waals surface area contributed by atoms with Crippen molar-refractivity contribution in [2.75, 3.05) is 5.32 Å². The molecule has 1 aliphatic rings. The van der Waals surface area contributed by atoms with Gasteiger partial charge in [-0.2, -0.15) is 0 Å². The Morgan fingerprint density at radius 3 is 2.35 bits per heavy atom. The summed E-state index contributed by atoms with van der Waals surface area (Å²) in [5.41, 5.74) is 8.89. The minimum absolute atomic E-state index is 0.191. The number of nitrogens with two attached hydrogens (primary N) is 1. The molecule has 2 aromatic carbocycles. The number of nitrogens with one attached hydrogen (secondary N) is 1.